The number of rotatable bonds is 6. The minimum absolute atomic E-state index is 0.148. The fourth-order valence-corrected chi connectivity index (χ4v) is 3.94. The highest BCUT2D eigenvalue weighted by Gasteiger charge is 2.36. The lowest BCUT2D eigenvalue weighted by Gasteiger charge is -2.29. The molecule has 6 heteroatoms. The zero-order valence-electron chi connectivity index (χ0n) is 12.7. The fourth-order valence-electron chi connectivity index (χ4n) is 3.12. The number of hydrazine groups is 2. The number of hydrogen-bond acceptors (Lipinski definition) is 5. The molecule has 1 aromatic rings. The highest BCUT2D eigenvalue weighted by Crippen LogP contribution is 2.26. The molecule has 2 aliphatic rings. The van der Waals surface area contributed by atoms with Gasteiger partial charge in [-0.15, -0.1) is 0 Å². The Hall–Kier alpha value is -1.08. The molecule has 3 atom stereocenters. The second-order valence-corrected chi connectivity index (χ2v) is 7.07. The lowest BCUT2D eigenvalue weighted by atomic mass is 9.82. The standard InChI is InChI=1S/C16H24N4OS/c21-16(13-6-7-14-15(10-13)19-20-18-14)17-8-9-22-11-12-4-2-1-3-5-12/h1-5,13-15,18-20H,6-11H2,(H,17,21). The van der Waals surface area contributed by atoms with E-state index in [0.29, 0.717) is 12.1 Å². The molecule has 1 amide bonds. The van der Waals surface area contributed by atoms with Crippen molar-refractivity contribution in [1.29, 1.82) is 0 Å². The van der Waals surface area contributed by atoms with E-state index in [0.717, 1.165) is 37.3 Å². The van der Waals surface area contributed by atoms with E-state index in [9.17, 15) is 4.79 Å². The Labute approximate surface area is 135 Å². The molecule has 1 saturated heterocycles. The number of carbonyl (C=O) groups excluding carboxylic acids is 1. The second-order valence-electron chi connectivity index (χ2n) is 5.97. The van der Waals surface area contributed by atoms with Gasteiger partial charge >= 0.3 is 0 Å². The van der Waals surface area contributed by atoms with Gasteiger partial charge in [-0.1, -0.05) is 30.3 Å². The quantitative estimate of drug-likeness (QED) is 0.593. The van der Waals surface area contributed by atoms with Gasteiger partial charge in [0.1, 0.15) is 0 Å². The molecule has 1 aromatic carbocycles. The molecular formula is C16H24N4OS. The first-order valence-electron chi connectivity index (χ1n) is 7.98. The number of hydrogen-bond donors (Lipinski definition) is 4. The van der Waals surface area contributed by atoms with Crippen LogP contribution in [0.2, 0.25) is 0 Å². The van der Waals surface area contributed by atoms with E-state index >= 15 is 0 Å². The van der Waals surface area contributed by atoms with Crippen molar-refractivity contribution >= 4 is 17.7 Å². The van der Waals surface area contributed by atoms with Crippen LogP contribution < -0.4 is 21.7 Å². The average Bonchev–Trinajstić information content (AvgIpc) is 3.03. The monoisotopic (exact) mass is 320 g/mol. The molecule has 1 saturated carbocycles. The highest BCUT2D eigenvalue weighted by atomic mass is 32.2. The first kappa shape index (κ1) is 15.8. The van der Waals surface area contributed by atoms with Crippen molar-refractivity contribution in [2.45, 2.75) is 37.1 Å². The van der Waals surface area contributed by atoms with Crippen molar-refractivity contribution in [1.82, 2.24) is 21.7 Å². The van der Waals surface area contributed by atoms with Crippen LogP contribution in [0.25, 0.3) is 0 Å². The Morgan fingerprint density at radius 3 is 2.86 bits per heavy atom. The summed E-state index contributed by atoms with van der Waals surface area (Å²) in [4.78, 5) is 12.2. The van der Waals surface area contributed by atoms with E-state index in [1.54, 1.807) is 0 Å². The topological polar surface area (TPSA) is 65.2 Å². The predicted octanol–water partition coefficient (Wildman–Crippen LogP) is 1.19. The van der Waals surface area contributed by atoms with Gasteiger partial charge in [-0.3, -0.25) is 4.79 Å². The molecule has 1 aliphatic carbocycles. The van der Waals surface area contributed by atoms with Crippen molar-refractivity contribution in [3.8, 4) is 0 Å². The summed E-state index contributed by atoms with van der Waals surface area (Å²) >= 11 is 1.86. The number of fused-ring (bicyclic) bond motifs is 1. The van der Waals surface area contributed by atoms with Crippen LogP contribution in [0.15, 0.2) is 30.3 Å². The minimum Gasteiger partial charge on any atom is -0.355 e. The molecule has 1 aliphatic heterocycles. The maximum Gasteiger partial charge on any atom is 0.223 e. The zero-order chi connectivity index (χ0) is 15.2. The van der Waals surface area contributed by atoms with Gasteiger partial charge in [0.15, 0.2) is 0 Å². The van der Waals surface area contributed by atoms with Crippen LogP contribution in [-0.4, -0.2) is 30.3 Å². The van der Waals surface area contributed by atoms with Crippen LogP contribution in [0.5, 0.6) is 0 Å². The lowest BCUT2D eigenvalue weighted by molar-refractivity contribution is -0.126. The smallest absolute Gasteiger partial charge is 0.223 e. The Morgan fingerprint density at radius 1 is 1.18 bits per heavy atom. The lowest BCUT2D eigenvalue weighted by Crippen LogP contribution is -2.44. The van der Waals surface area contributed by atoms with Crippen LogP contribution in [0.1, 0.15) is 24.8 Å². The normalized spacial score (nSPS) is 27.4. The molecule has 4 N–H and O–H groups in total. The molecule has 0 aromatic heterocycles. The predicted molar refractivity (Wildman–Crippen MR) is 89.9 cm³/mol. The van der Waals surface area contributed by atoms with Gasteiger partial charge in [-0.2, -0.15) is 17.3 Å². The van der Waals surface area contributed by atoms with Crippen molar-refractivity contribution in [3.63, 3.8) is 0 Å². The molecule has 0 bridgehead atoms. The van der Waals surface area contributed by atoms with E-state index in [1.807, 2.05) is 17.8 Å². The van der Waals surface area contributed by atoms with Crippen LogP contribution in [-0.2, 0) is 10.5 Å². The van der Waals surface area contributed by atoms with Crippen LogP contribution in [0.4, 0.5) is 0 Å². The maximum absolute atomic E-state index is 12.2. The Kier molecular flexibility index (Phi) is 5.72. The summed E-state index contributed by atoms with van der Waals surface area (Å²) in [7, 11) is 0. The third-order valence-corrected chi connectivity index (χ3v) is 5.42. The largest absolute Gasteiger partial charge is 0.355 e. The summed E-state index contributed by atoms with van der Waals surface area (Å²) in [6, 6.07) is 11.3. The van der Waals surface area contributed by atoms with Gasteiger partial charge in [0.05, 0.1) is 0 Å². The van der Waals surface area contributed by atoms with Gasteiger partial charge in [-0.25, -0.2) is 10.9 Å². The van der Waals surface area contributed by atoms with Crippen molar-refractivity contribution < 1.29 is 4.79 Å². The number of amides is 1. The van der Waals surface area contributed by atoms with E-state index in [4.69, 9.17) is 0 Å². The second kappa shape index (κ2) is 7.97. The fraction of sp³-hybridized carbons (Fsp3) is 0.562. The summed E-state index contributed by atoms with van der Waals surface area (Å²) in [5, 5.41) is 3.09. The van der Waals surface area contributed by atoms with E-state index in [1.165, 1.54) is 5.56 Å². The average molecular weight is 320 g/mol. The van der Waals surface area contributed by atoms with Gasteiger partial charge < -0.3 is 5.32 Å². The Bertz CT molecular complexity index is 484. The first-order valence-corrected chi connectivity index (χ1v) is 9.14. The number of nitrogens with one attached hydrogen (secondary N) is 4. The number of thioether (sulfide) groups is 1. The number of carbonyl (C=O) groups is 1. The molecule has 0 spiro atoms. The SMILES string of the molecule is O=C(NCCSCc1ccccc1)C1CCC2NNNC2C1. The first-order chi connectivity index (χ1) is 10.8. The summed E-state index contributed by atoms with van der Waals surface area (Å²) in [5.74, 6) is 2.33. The Morgan fingerprint density at radius 2 is 2.00 bits per heavy atom. The molecule has 5 nitrogen and oxygen atoms in total. The number of benzene rings is 1. The summed E-state index contributed by atoms with van der Waals surface area (Å²) in [6.07, 6.45) is 2.93. The maximum atomic E-state index is 12.2. The molecule has 0 radical (unpaired) electrons. The van der Waals surface area contributed by atoms with E-state index < -0.39 is 0 Å². The molecule has 3 rings (SSSR count). The molecular weight excluding hydrogens is 296 g/mol. The summed E-state index contributed by atoms with van der Waals surface area (Å²) in [6.45, 7) is 0.755. The molecule has 1 heterocycles. The van der Waals surface area contributed by atoms with Crippen molar-refractivity contribution in [2.75, 3.05) is 12.3 Å². The van der Waals surface area contributed by atoms with Crippen LogP contribution >= 0.6 is 11.8 Å². The highest BCUT2D eigenvalue weighted by molar-refractivity contribution is 7.98. The zero-order valence-corrected chi connectivity index (χ0v) is 13.5. The summed E-state index contributed by atoms with van der Waals surface area (Å²) < 4.78 is 0. The van der Waals surface area contributed by atoms with Gasteiger partial charge in [0.2, 0.25) is 5.91 Å². The van der Waals surface area contributed by atoms with Gasteiger partial charge in [0, 0.05) is 36.1 Å². The van der Waals surface area contributed by atoms with E-state index in [2.05, 4.69) is 46.0 Å². The van der Waals surface area contributed by atoms with E-state index in [-0.39, 0.29) is 11.8 Å². The van der Waals surface area contributed by atoms with Gasteiger partial charge in [-0.05, 0) is 24.8 Å². The molecule has 22 heavy (non-hydrogen) atoms. The van der Waals surface area contributed by atoms with Gasteiger partial charge in [0.25, 0.3) is 0 Å². The van der Waals surface area contributed by atoms with Crippen molar-refractivity contribution in [3.05, 3.63) is 35.9 Å². The molecule has 2 fully saturated rings. The van der Waals surface area contributed by atoms with Crippen LogP contribution in [0, 0.1) is 5.92 Å². The van der Waals surface area contributed by atoms with Crippen molar-refractivity contribution in [2.24, 2.45) is 5.92 Å². The summed E-state index contributed by atoms with van der Waals surface area (Å²) in [5.41, 5.74) is 10.7. The Balaban J connectivity index is 1.31. The molecule has 3 unspecified atom stereocenters. The minimum atomic E-state index is 0.148. The van der Waals surface area contributed by atoms with Crippen LogP contribution in [0.3, 0.4) is 0 Å². The third kappa shape index (κ3) is 4.23. The third-order valence-electron chi connectivity index (χ3n) is 4.39. The molecule has 120 valence electrons.